The highest BCUT2D eigenvalue weighted by molar-refractivity contribution is 6.37. The van der Waals surface area contributed by atoms with Crippen LogP contribution >= 0.6 is 23.2 Å². The van der Waals surface area contributed by atoms with E-state index < -0.39 is 31.3 Å². The van der Waals surface area contributed by atoms with Crippen LogP contribution in [0.1, 0.15) is 0 Å². The number of para-hydroxylation sites is 1. The predicted octanol–water partition coefficient (Wildman–Crippen LogP) is 2.76. The first-order valence-corrected chi connectivity index (χ1v) is 6.16. The third-order valence-corrected chi connectivity index (χ3v) is 2.56. The monoisotopic (exact) mass is 344 g/mol. The molecule has 1 rings (SSSR count). The Kier molecular flexibility index (Phi) is 6.10. The highest BCUT2D eigenvalue weighted by Crippen LogP contribution is 2.32. The lowest BCUT2D eigenvalue weighted by atomic mass is 10.3. The fourth-order valence-corrected chi connectivity index (χ4v) is 1.65. The first kappa shape index (κ1) is 17.4. The second kappa shape index (κ2) is 7.37. The van der Waals surface area contributed by atoms with Crippen molar-refractivity contribution in [3.8, 4) is 5.75 Å². The molecule has 0 fully saturated rings. The molecule has 0 atom stereocenters. The highest BCUT2D eigenvalue weighted by Gasteiger charge is 2.28. The molecule has 116 valence electrons. The number of halogens is 5. The minimum Gasteiger partial charge on any atom is -0.481 e. The molecule has 0 aliphatic rings. The molecule has 10 heteroatoms. The average Bonchev–Trinajstić information content (AvgIpc) is 2.35. The van der Waals surface area contributed by atoms with Gasteiger partial charge in [-0.05, 0) is 12.1 Å². The number of carbonyl (C=O) groups excluding carboxylic acids is 2. The summed E-state index contributed by atoms with van der Waals surface area (Å²) in [4.78, 5) is 22.3. The number of nitrogens with one attached hydrogen (secondary N) is 2. The van der Waals surface area contributed by atoms with Crippen molar-refractivity contribution in [1.82, 2.24) is 10.6 Å². The smallest absolute Gasteiger partial charge is 0.405 e. The molecular formula is C11H9Cl2F3N2O3. The zero-order chi connectivity index (χ0) is 16.0. The second-order valence-corrected chi connectivity index (χ2v) is 4.50. The van der Waals surface area contributed by atoms with Gasteiger partial charge in [0.15, 0.2) is 12.4 Å². The summed E-state index contributed by atoms with van der Waals surface area (Å²) in [5.41, 5.74) is 0. The molecule has 5 nitrogen and oxygen atoms in total. The third kappa shape index (κ3) is 6.54. The lowest BCUT2D eigenvalue weighted by molar-refractivity contribution is -0.125. The number of urea groups is 1. The van der Waals surface area contributed by atoms with Crippen LogP contribution in [0.4, 0.5) is 18.0 Å². The van der Waals surface area contributed by atoms with Crippen LogP contribution in [0.3, 0.4) is 0 Å². The van der Waals surface area contributed by atoms with Crippen molar-refractivity contribution in [2.24, 2.45) is 0 Å². The Labute approximate surface area is 127 Å². The van der Waals surface area contributed by atoms with Gasteiger partial charge in [-0.25, -0.2) is 4.79 Å². The van der Waals surface area contributed by atoms with Gasteiger partial charge in [0.05, 0.1) is 10.0 Å². The molecule has 0 radical (unpaired) electrons. The van der Waals surface area contributed by atoms with Crippen LogP contribution in [-0.2, 0) is 4.79 Å². The molecule has 0 saturated heterocycles. The number of ether oxygens (including phenoxy) is 1. The van der Waals surface area contributed by atoms with Gasteiger partial charge in [-0.15, -0.1) is 0 Å². The van der Waals surface area contributed by atoms with E-state index in [1.807, 2.05) is 0 Å². The van der Waals surface area contributed by atoms with E-state index in [2.05, 4.69) is 0 Å². The Morgan fingerprint density at radius 1 is 1.19 bits per heavy atom. The molecule has 0 bridgehead atoms. The van der Waals surface area contributed by atoms with Crippen LogP contribution in [0.5, 0.6) is 5.75 Å². The van der Waals surface area contributed by atoms with Gasteiger partial charge in [-0.3, -0.25) is 10.1 Å². The minimum atomic E-state index is -4.57. The molecule has 0 heterocycles. The summed E-state index contributed by atoms with van der Waals surface area (Å²) in [6.45, 7) is -2.19. The van der Waals surface area contributed by atoms with Crippen LogP contribution in [0.15, 0.2) is 18.2 Å². The summed E-state index contributed by atoms with van der Waals surface area (Å²) in [6.07, 6.45) is -4.57. The fourth-order valence-electron chi connectivity index (χ4n) is 1.15. The molecule has 0 aliphatic heterocycles. The largest absolute Gasteiger partial charge is 0.481 e. The standard InChI is InChI=1S/C11H9Cl2F3N2O3/c12-6-2-1-3-7(13)9(6)21-4-8(19)18-10(20)17-5-11(14,15)16/h1-3H,4-5H2,(H2,17,18,19,20). The summed E-state index contributed by atoms with van der Waals surface area (Å²) < 4.78 is 40.5. The van der Waals surface area contributed by atoms with Crippen molar-refractivity contribution in [2.75, 3.05) is 13.2 Å². The number of hydrogen-bond acceptors (Lipinski definition) is 3. The van der Waals surface area contributed by atoms with Gasteiger partial charge in [-0.1, -0.05) is 29.3 Å². The molecule has 1 aromatic carbocycles. The Balaban J connectivity index is 2.43. The first-order chi connectivity index (χ1) is 9.69. The van der Waals surface area contributed by atoms with E-state index in [4.69, 9.17) is 27.9 Å². The Bertz CT molecular complexity index is 518. The van der Waals surface area contributed by atoms with E-state index in [-0.39, 0.29) is 15.8 Å². The van der Waals surface area contributed by atoms with E-state index >= 15 is 0 Å². The summed E-state index contributed by atoms with van der Waals surface area (Å²) in [5.74, 6) is -0.919. The summed E-state index contributed by atoms with van der Waals surface area (Å²) in [5, 5.41) is 3.43. The number of benzene rings is 1. The number of alkyl halides is 3. The van der Waals surface area contributed by atoms with Gasteiger partial charge < -0.3 is 10.1 Å². The molecule has 0 aromatic heterocycles. The van der Waals surface area contributed by atoms with Crippen LogP contribution in [0.2, 0.25) is 10.0 Å². The Hall–Kier alpha value is -1.67. The topological polar surface area (TPSA) is 67.4 Å². The van der Waals surface area contributed by atoms with Crippen LogP contribution in [0, 0.1) is 0 Å². The lowest BCUT2D eigenvalue weighted by Gasteiger charge is -2.11. The molecule has 2 N–H and O–H groups in total. The van der Waals surface area contributed by atoms with Crippen LogP contribution in [0.25, 0.3) is 0 Å². The van der Waals surface area contributed by atoms with Crippen molar-refractivity contribution in [3.63, 3.8) is 0 Å². The Morgan fingerprint density at radius 3 is 2.29 bits per heavy atom. The first-order valence-electron chi connectivity index (χ1n) is 5.40. The van der Waals surface area contributed by atoms with Gasteiger partial charge >= 0.3 is 12.2 Å². The van der Waals surface area contributed by atoms with E-state index in [0.29, 0.717) is 0 Å². The van der Waals surface area contributed by atoms with Crippen LogP contribution < -0.4 is 15.4 Å². The molecule has 0 saturated carbocycles. The van der Waals surface area contributed by atoms with Gasteiger partial charge in [0.25, 0.3) is 5.91 Å². The SMILES string of the molecule is O=C(COc1c(Cl)cccc1Cl)NC(=O)NCC(F)(F)F. The van der Waals surface area contributed by atoms with E-state index in [0.717, 1.165) is 0 Å². The number of hydrogen-bond donors (Lipinski definition) is 2. The maximum absolute atomic E-state index is 11.8. The number of imide groups is 1. The van der Waals surface area contributed by atoms with E-state index in [1.54, 1.807) is 11.4 Å². The van der Waals surface area contributed by atoms with Crippen LogP contribution in [-0.4, -0.2) is 31.3 Å². The average molecular weight is 345 g/mol. The lowest BCUT2D eigenvalue weighted by Crippen LogP contribution is -2.44. The normalized spacial score (nSPS) is 10.9. The number of carbonyl (C=O) groups is 2. The predicted molar refractivity (Wildman–Crippen MR) is 69.6 cm³/mol. The van der Waals surface area contributed by atoms with Crippen molar-refractivity contribution in [1.29, 1.82) is 0 Å². The van der Waals surface area contributed by atoms with Gasteiger partial charge in [-0.2, -0.15) is 13.2 Å². The Morgan fingerprint density at radius 2 is 1.76 bits per heavy atom. The fraction of sp³-hybridized carbons (Fsp3) is 0.273. The second-order valence-electron chi connectivity index (χ2n) is 3.69. The maximum atomic E-state index is 11.8. The summed E-state index contributed by atoms with van der Waals surface area (Å²) in [6, 6.07) is 3.21. The minimum absolute atomic E-state index is 0.0340. The van der Waals surface area contributed by atoms with E-state index in [1.165, 1.54) is 17.4 Å². The molecular weight excluding hydrogens is 336 g/mol. The maximum Gasteiger partial charge on any atom is 0.405 e. The molecule has 0 spiro atoms. The zero-order valence-electron chi connectivity index (χ0n) is 10.3. The van der Waals surface area contributed by atoms with Crippen molar-refractivity contribution in [3.05, 3.63) is 28.2 Å². The summed E-state index contributed by atoms with van der Waals surface area (Å²) in [7, 11) is 0. The van der Waals surface area contributed by atoms with Crippen molar-refractivity contribution in [2.45, 2.75) is 6.18 Å². The quantitative estimate of drug-likeness (QED) is 0.882. The zero-order valence-corrected chi connectivity index (χ0v) is 11.8. The number of amides is 3. The van der Waals surface area contributed by atoms with Crippen molar-refractivity contribution >= 4 is 35.1 Å². The number of rotatable bonds is 4. The molecule has 1 aromatic rings. The van der Waals surface area contributed by atoms with Gasteiger partial charge in [0.2, 0.25) is 0 Å². The van der Waals surface area contributed by atoms with E-state index in [9.17, 15) is 22.8 Å². The van der Waals surface area contributed by atoms with Crippen molar-refractivity contribution < 1.29 is 27.5 Å². The molecule has 21 heavy (non-hydrogen) atoms. The summed E-state index contributed by atoms with van der Waals surface area (Å²) >= 11 is 11.5. The van der Waals surface area contributed by atoms with Gasteiger partial charge in [0.1, 0.15) is 6.54 Å². The van der Waals surface area contributed by atoms with Gasteiger partial charge in [0, 0.05) is 0 Å². The molecule has 0 aliphatic carbocycles. The highest BCUT2D eigenvalue weighted by atomic mass is 35.5. The third-order valence-electron chi connectivity index (χ3n) is 1.97. The molecule has 0 unspecified atom stereocenters. The molecule has 3 amide bonds.